The first-order valence-corrected chi connectivity index (χ1v) is 5.93. The molecule has 0 spiro atoms. The fraction of sp³-hybridized carbons (Fsp3) is 0.900. The minimum absolute atomic E-state index is 0.237. The van der Waals surface area contributed by atoms with Gasteiger partial charge in [-0.25, -0.2) is 0 Å². The molecule has 76 valence electrons. The molecule has 0 saturated carbocycles. The van der Waals surface area contributed by atoms with Crippen molar-refractivity contribution in [2.24, 2.45) is 10.9 Å². The van der Waals surface area contributed by atoms with Crippen molar-refractivity contribution in [1.82, 2.24) is 5.32 Å². The Kier molecular flexibility index (Phi) is 3.65. The molecule has 13 heavy (non-hydrogen) atoms. The zero-order valence-corrected chi connectivity index (χ0v) is 9.87. The number of nitrogens with one attached hydrogen (secondary N) is 1. The second kappa shape index (κ2) is 4.36. The van der Waals surface area contributed by atoms with Crippen molar-refractivity contribution in [3.05, 3.63) is 0 Å². The van der Waals surface area contributed by atoms with Crippen LogP contribution in [-0.2, 0) is 0 Å². The molecule has 0 aromatic rings. The first kappa shape index (κ1) is 10.9. The molecule has 1 saturated heterocycles. The molecular formula is C10H20N2S. The molecule has 1 aliphatic rings. The summed E-state index contributed by atoms with van der Waals surface area (Å²) in [5.74, 6) is 1.89. The monoisotopic (exact) mass is 200 g/mol. The molecule has 0 aromatic carbocycles. The minimum atomic E-state index is 0.237. The van der Waals surface area contributed by atoms with E-state index in [-0.39, 0.29) is 5.54 Å². The number of hydrogen-bond acceptors (Lipinski definition) is 2. The molecule has 2 nitrogen and oxygen atoms in total. The Labute approximate surface area is 85.6 Å². The molecule has 0 aromatic heterocycles. The van der Waals surface area contributed by atoms with Gasteiger partial charge in [0.2, 0.25) is 0 Å². The van der Waals surface area contributed by atoms with Gasteiger partial charge in [0.25, 0.3) is 0 Å². The van der Waals surface area contributed by atoms with Crippen LogP contribution >= 0.6 is 11.8 Å². The summed E-state index contributed by atoms with van der Waals surface area (Å²) in [6, 6.07) is 0. The third kappa shape index (κ3) is 4.03. The zero-order valence-electron chi connectivity index (χ0n) is 9.05. The van der Waals surface area contributed by atoms with Crippen molar-refractivity contribution < 1.29 is 0 Å². The fourth-order valence-corrected chi connectivity index (χ4v) is 2.22. The van der Waals surface area contributed by atoms with Gasteiger partial charge < -0.3 is 5.32 Å². The largest absolute Gasteiger partial charge is 0.359 e. The summed E-state index contributed by atoms with van der Waals surface area (Å²) in [6.45, 7) is 9.86. The van der Waals surface area contributed by atoms with Crippen molar-refractivity contribution in [3.8, 4) is 0 Å². The standard InChI is InChI=1S/C10H20N2S/c1-8(2)5-6-11-9-12-10(3,4)7-13-9/h8H,5-7H2,1-4H3,(H,11,12). The van der Waals surface area contributed by atoms with Gasteiger partial charge in [-0.3, -0.25) is 4.99 Å². The molecule has 3 heteroatoms. The lowest BCUT2D eigenvalue weighted by molar-refractivity contribution is 0.534. The van der Waals surface area contributed by atoms with Gasteiger partial charge in [0.15, 0.2) is 5.17 Å². The second-order valence-corrected chi connectivity index (χ2v) is 5.63. The predicted molar refractivity (Wildman–Crippen MR) is 61.4 cm³/mol. The fourth-order valence-electron chi connectivity index (χ4n) is 1.12. The summed E-state index contributed by atoms with van der Waals surface area (Å²) in [6.07, 6.45) is 1.19. The van der Waals surface area contributed by atoms with Crippen LogP contribution in [-0.4, -0.2) is 23.0 Å². The lowest BCUT2D eigenvalue weighted by Gasteiger charge is -2.15. The van der Waals surface area contributed by atoms with Crippen LogP contribution < -0.4 is 5.32 Å². The van der Waals surface area contributed by atoms with Crippen LogP contribution in [0.2, 0.25) is 0 Å². The van der Waals surface area contributed by atoms with Crippen LogP contribution in [0.15, 0.2) is 4.99 Å². The maximum atomic E-state index is 4.53. The SMILES string of the molecule is CC(C)CCN=C1NC(C)(C)CS1. The quantitative estimate of drug-likeness (QED) is 0.757. The number of thioether (sulfide) groups is 1. The summed E-state index contributed by atoms with van der Waals surface area (Å²) in [4.78, 5) is 4.53. The highest BCUT2D eigenvalue weighted by Gasteiger charge is 2.26. The van der Waals surface area contributed by atoms with E-state index in [0.29, 0.717) is 0 Å². The summed E-state index contributed by atoms with van der Waals surface area (Å²) in [7, 11) is 0. The smallest absolute Gasteiger partial charge is 0.157 e. The first-order chi connectivity index (χ1) is 5.99. The van der Waals surface area contributed by atoms with Crippen molar-refractivity contribution in [2.45, 2.75) is 39.7 Å². The van der Waals surface area contributed by atoms with Crippen molar-refractivity contribution in [2.75, 3.05) is 12.3 Å². The van der Waals surface area contributed by atoms with Gasteiger partial charge in [-0.2, -0.15) is 0 Å². The molecule has 0 radical (unpaired) electrons. The highest BCUT2D eigenvalue weighted by Crippen LogP contribution is 2.22. The summed E-state index contributed by atoms with van der Waals surface area (Å²) >= 11 is 1.84. The van der Waals surface area contributed by atoms with Crippen LogP contribution in [0.25, 0.3) is 0 Å². The van der Waals surface area contributed by atoms with E-state index in [4.69, 9.17) is 0 Å². The maximum Gasteiger partial charge on any atom is 0.157 e. The molecule has 0 atom stereocenters. The van der Waals surface area contributed by atoms with Gasteiger partial charge in [0, 0.05) is 17.8 Å². The Morgan fingerprint density at radius 2 is 2.23 bits per heavy atom. The van der Waals surface area contributed by atoms with E-state index in [2.05, 4.69) is 38.0 Å². The van der Waals surface area contributed by atoms with E-state index >= 15 is 0 Å². The summed E-state index contributed by atoms with van der Waals surface area (Å²) in [5.41, 5.74) is 0.237. The molecular weight excluding hydrogens is 180 g/mol. The molecule has 0 unspecified atom stereocenters. The van der Waals surface area contributed by atoms with Crippen LogP contribution in [0.5, 0.6) is 0 Å². The highest BCUT2D eigenvalue weighted by atomic mass is 32.2. The molecule has 1 N–H and O–H groups in total. The van der Waals surface area contributed by atoms with E-state index in [0.717, 1.165) is 23.4 Å². The van der Waals surface area contributed by atoms with Gasteiger partial charge in [-0.1, -0.05) is 25.6 Å². The van der Waals surface area contributed by atoms with Gasteiger partial charge in [-0.15, -0.1) is 0 Å². The minimum Gasteiger partial charge on any atom is -0.359 e. The van der Waals surface area contributed by atoms with Crippen molar-refractivity contribution in [1.29, 1.82) is 0 Å². The number of rotatable bonds is 3. The van der Waals surface area contributed by atoms with E-state index < -0.39 is 0 Å². The van der Waals surface area contributed by atoms with E-state index in [1.165, 1.54) is 6.42 Å². The molecule has 1 fully saturated rings. The Bertz CT molecular complexity index is 197. The molecule has 0 amide bonds. The summed E-state index contributed by atoms with van der Waals surface area (Å²) < 4.78 is 0. The first-order valence-electron chi connectivity index (χ1n) is 4.95. The average Bonchev–Trinajstić information content (AvgIpc) is 2.29. The second-order valence-electron chi connectivity index (χ2n) is 4.67. The van der Waals surface area contributed by atoms with Crippen LogP contribution in [0.4, 0.5) is 0 Å². The Hall–Kier alpha value is -0.180. The topological polar surface area (TPSA) is 24.4 Å². The van der Waals surface area contributed by atoms with E-state index in [1.54, 1.807) is 0 Å². The Balaban J connectivity index is 2.29. The van der Waals surface area contributed by atoms with Gasteiger partial charge >= 0.3 is 0 Å². The number of aliphatic imine (C=N–C) groups is 1. The number of amidine groups is 1. The Morgan fingerprint density at radius 3 is 2.69 bits per heavy atom. The van der Waals surface area contributed by atoms with E-state index in [9.17, 15) is 0 Å². The summed E-state index contributed by atoms with van der Waals surface area (Å²) in [5, 5.41) is 4.55. The average molecular weight is 200 g/mol. The Morgan fingerprint density at radius 1 is 1.54 bits per heavy atom. The normalized spacial score (nSPS) is 23.9. The molecule has 1 heterocycles. The predicted octanol–water partition coefficient (Wildman–Crippen LogP) is 2.50. The molecule has 0 aliphatic carbocycles. The van der Waals surface area contributed by atoms with Gasteiger partial charge in [-0.05, 0) is 26.2 Å². The van der Waals surface area contributed by atoms with Crippen molar-refractivity contribution in [3.63, 3.8) is 0 Å². The lowest BCUT2D eigenvalue weighted by atomic mass is 10.1. The van der Waals surface area contributed by atoms with Crippen LogP contribution in [0.3, 0.4) is 0 Å². The number of nitrogens with zero attached hydrogens (tertiary/aromatic N) is 1. The third-order valence-electron chi connectivity index (χ3n) is 1.98. The molecule has 1 rings (SSSR count). The molecule has 1 aliphatic heterocycles. The maximum absolute atomic E-state index is 4.53. The lowest BCUT2D eigenvalue weighted by Crippen LogP contribution is -2.36. The van der Waals surface area contributed by atoms with Crippen molar-refractivity contribution >= 4 is 16.9 Å². The third-order valence-corrected chi connectivity index (χ3v) is 3.35. The zero-order chi connectivity index (χ0) is 9.90. The van der Waals surface area contributed by atoms with Crippen LogP contribution in [0.1, 0.15) is 34.1 Å². The van der Waals surface area contributed by atoms with Crippen LogP contribution in [0, 0.1) is 5.92 Å². The highest BCUT2D eigenvalue weighted by molar-refractivity contribution is 8.14. The molecule has 0 bridgehead atoms. The van der Waals surface area contributed by atoms with Gasteiger partial charge in [0.05, 0.1) is 0 Å². The number of hydrogen-bond donors (Lipinski definition) is 1. The van der Waals surface area contributed by atoms with Gasteiger partial charge in [0.1, 0.15) is 0 Å². The van der Waals surface area contributed by atoms with E-state index in [1.807, 2.05) is 11.8 Å².